The van der Waals surface area contributed by atoms with E-state index in [0.717, 1.165) is 32.1 Å². The zero-order chi connectivity index (χ0) is 13.4. The molecule has 0 aromatic rings. The van der Waals surface area contributed by atoms with Crippen molar-refractivity contribution in [3.63, 3.8) is 0 Å². The van der Waals surface area contributed by atoms with Gasteiger partial charge in [0, 0.05) is 19.4 Å². The fraction of sp³-hybridized carbons (Fsp3) is 1.00. The maximum Gasteiger partial charge on any atom is 0.179 e. The summed E-state index contributed by atoms with van der Waals surface area (Å²) in [5.41, 5.74) is -0.303. The highest BCUT2D eigenvalue weighted by Crippen LogP contribution is 2.62. The van der Waals surface area contributed by atoms with Crippen LogP contribution in [0.1, 0.15) is 39.0 Å². The number of aliphatic hydroxyl groups excluding tert-OH is 1. The predicted molar refractivity (Wildman–Crippen MR) is 67.5 cm³/mol. The lowest BCUT2D eigenvalue weighted by Gasteiger charge is -2.46. The van der Waals surface area contributed by atoms with Gasteiger partial charge >= 0.3 is 0 Å². The molecule has 1 aliphatic carbocycles. The van der Waals surface area contributed by atoms with Crippen LogP contribution in [0.25, 0.3) is 0 Å². The molecule has 0 bridgehead atoms. The molecule has 5 heteroatoms. The molecule has 1 saturated carbocycles. The Labute approximate surface area is 114 Å². The summed E-state index contributed by atoms with van der Waals surface area (Å²) in [6.07, 6.45) is 4.25. The Morgan fingerprint density at radius 3 is 1.74 bits per heavy atom. The van der Waals surface area contributed by atoms with Crippen LogP contribution in [0.3, 0.4) is 0 Å². The van der Waals surface area contributed by atoms with Crippen LogP contribution >= 0.6 is 0 Å². The maximum absolute atomic E-state index is 9.01. The third-order valence-corrected chi connectivity index (χ3v) is 5.06. The number of hydrogen-bond acceptors (Lipinski definition) is 5. The second-order valence-corrected chi connectivity index (χ2v) is 5.91. The maximum atomic E-state index is 9.01. The predicted octanol–water partition coefficient (Wildman–Crippen LogP) is 1.44. The smallest absolute Gasteiger partial charge is 0.179 e. The summed E-state index contributed by atoms with van der Waals surface area (Å²) in [6.45, 7) is 4.96. The minimum absolute atomic E-state index is 0.222. The minimum Gasteiger partial charge on any atom is -0.396 e. The summed E-state index contributed by atoms with van der Waals surface area (Å²) < 4.78 is 24.0. The molecule has 1 N–H and O–H groups in total. The lowest BCUT2D eigenvalue weighted by atomic mass is 9.75. The SMILES string of the molecule is CC1(CCCCO)C2(CCC13OCCO3)OCCO2. The first-order valence-corrected chi connectivity index (χ1v) is 7.35. The van der Waals surface area contributed by atoms with E-state index in [2.05, 4.69) is 6.92 Å². The van der Waals surface area contributed by atoms with Crippen LogP contribution in [-0.4, -0.2) is 49.7 Å². The van der Waals surface area contributed by atoms with Gasteiger partial charge in [-0.1, -0.05) is 6.42 Å². The number of aliphatic hydroxyl groups is 1. The van der Waals surface area contributed by atoms with Crippen LogP contribution in [0.4, 0.5) is 0 Å². The number of rotatable bonds is 4. The molecule has 0 radical (unpaired) electrons. The molecule has 5 nitrogen and oxygen atoms in total. The summed E-state index contributed by atoms with van der Waals surface area (Å²) in [4.78, 5) is 0. The van der Waals surface area contributed by atoms with Crippen LogP contribution in [0, 0.1) is 5.41 Å². The number of unbranched alkanes of at least 4 members (excludes halogenated alkanes) is 1. The molecule has 19 heavy (non-hydrogen) atoms. The van der Waals surface area contributed by atoms with Gasteiger partial charge in [0.1, 0.15) is 0 Å². The van der Waals surface area contributed by atoms with Gasteiger partial charge in [-0.05, 0) is 19.8 Å². The average molecular weight is 272 g/mol. The van der Waals surface area contributed by atoms with Crippen molar-refractivity contribution < 1.29 is 24.1 Å². The second kappa shape index (κ2) is 4.97. The molecule has 3 rings (SSSR count). The topological polar surface area (TPSA) is 57.2 Å². The Morgan fingerprint density at radius 2 is 1.32 bits per heavy atom. The van der Waals surface area contributed by atoms with Gasteiger partial charge in [-0.25, -0.2) is 0 Å². The van der Waals surface area contributed by atoms with E-state index in [4.69, 9.17) is 24.1 Å². The van der Waals surface area contributed by atoms with Crippen molar-refractivity contribution in [3.8, 4) is 0 Å². The summed E-state index contributed by atoms with van der Waals surface area (Å²) in [5, 5.41) is 9.01. The molecule has 2 saturated heterocycles. The van der Waals surface area contributed by atoms with Crippen LogP contribution in [0.15, 0.2) is 0 Å². The van der Waals surface area contributed by atoms with Gasteiger partial charge in [0.15, 0.2) is 11.6 Å². The Hall–Kier alpha value is -0.200. The first-order valence-electron chi connectivity index (χ1n) is 7.35. The molecule has 0 aromatic carbocycles. The normalized spacial score (nSPS) is 30.6. The van der Waals surface area contributed by atoms with Crippen LogP contribution in [0.5, 0.6) is 0 Å². The van der Waals surface area contributed by atoms with E-state index in [9.17, 15) is 0 Å². The van der Waals surface area contributed by atoms with Gasteiger partial charge in [-0.3, -0.25) is 0 Å². The van der Waals surface area contributed by atoms with Gasteiger partial charge < -0.3 is 24.1 Å². The molecule has 0 unspecified atom stereocenters. The third-order valence-electron chi connectivity index (χ3n) is 5.06. The molecule has 2 spiro atoms. The van der Waals surface area contributed by atoms with E-state index < -0.39 is 11.6 Å². The quantitative estimate of drug-likeness (QED) is 0.785. The molecule has 3 aliphatic rings. The van der Waals surface area contributed by atoms with Gasteiger partial charge in [0.05, 0.1) is 31.8 Å². The number of hydrogen-bond donors (Lipinski definition) is 1. The monoisotopic (exact) mass is 272 g/mol. The fourth-order valence-electron chi connectivity index (χ4n) is 3.98. The lowest BCUT2D eigenvalue weighted by Crippen LogP contribution is -2.55. The molecule has 0 aromatic heterocycles. The third kappa shape index (κ3) is 1.87. The van der Waals surface area contributed by atoms with E-state index in [1.807, 2.05) is 0 Å². The molecule has 2 heterocycles. The zero-order valence-electron chi connectivity index (χ0n) is 11.7. The van der Waals surface area contributed by atoms with Crippen LogP contribution in [0.2, 0.25) is 0 Å². The summed E-state index contributed by atoms with van der Waals surface area (Å²) in [7, 11) is 0. The molecule has 0 amide bonds. The van der Waals surface area contributed by atoms with Crippen molar-refractivity contribution >= 4 is 0 Å². The molecular weight excluding hydrogens is 248 g/mol. The summed E-state index contributed by atoms with van der Waals surface area (Å²) >= 11 is 0. The minimum atomic E-state index is -0.563. The second-order valence-electron chi connectivity index (χ2n) is 5.91. The molecule has 0 atom stereocenters. The molecular formula is C14H24O5. The molecule has 2 aliphatic heterocycles. The van der Waals surface area contributed by atoms with Gasteiger partial charge in [-0.15, -0.1) is 0 Å². The van der Waals surface area contributed by atoms with Gasteiger partial charge in [0.2, 0.25) is 0 Å². The largest absolute Gasteiger partial charge is 0.396 e. The van der Waals surface area contributed by atoms with E-state index in [1.54, 1.807) is 0 Å². The fourth-order valence-corrected chi connectivity index (χ4v) is 3.98. The first-order chi connectivity index (χ1) is 9.18. The number of ether oxygens (including phenoxy) is 4. The molecule has 110 valence electrons. The van der Waals surface area contributed by atoms with Crippen LogP contribution < -0.4 is 0 Å². The zero-order valence-corrected chi connectivity index (χ0v) is 11.7. The Kier molecular flexibility index (Phi) is 3.60. The van der Waals surface area contributed by atoms with Crippen molar-refractivity contribution in [2.45, 2.75) is 50.6 Å². The van der Waals surface area contributed by atoms with E-state index in [-0.39, 0.29) is 12.0 Å². The van der Waals surface area contributed by atoms with E-state index >= 15 is 0 Å². The Morgan fingerprint density at radius 1 is 0.842 bits per heavy atom. The highest BCUT2D eigenvalue weighted by molar-refractivity contribution is 5.10. The Bertz CT molecular complexity index is 294. The van der Waals surface area contributed by atoms with E-state index in [1.165, 1.54) is 0 Å². The van der Waals surface area contributed by atoms with Crippen LogP contribution in [-0.2, 0) is 18.9 Å². The first kappa shape index (κ1) is 13.8. The molecule has 3 fully saturated rings. The lowest BCUT2D eigenvalue weighted by molar-refractivity contribution is -0.302. The Balaban J connectivity index is 1.86. The van der Waals surface area contributed by atoms with Crippen molar-refractivity contribution in [1.82, 2.24) is 0 Å². The van der Waals surface area contributed by atoms with Crippen molar-refractivity contribution in [2.75, 3.05) is 33.0 Å². The highest BCUT2D eigenvalue weighted by atomic mass is 16.8. The summed E-state index contributed by atoms with van der Waals surface area (Å²) in [5.74, 6) is -1.13. The van der Waals surface area contributed by atoms with Gasteiger partial charge in [-0.2, -0.15) is 0 Å². The standard InChI is InChI=1S/C14H24O5/c1-12(4-2-3-7-15)13(16-8-9-17-13)5-6-14(12)18-10-11-19-14/h15H,2-11H2,1H3. The van der Waals surface area contributed by atoms with Crippen molar-refractivity contribution in [3.05, 3.63) is 0 Å². The van der Waals surface area contributed by atoms with Crippen molar-refractivity contribution in [1.29, 1.82) is 0 Å². The summed E-state index contributed by atoms with van der Waals surface area (Å²) in [6, 6.07) is 0. The average Bonchev–Trinajstić information content (AvgIpc) is 3.11. The highest BCUT2D eigenvalue weighted by Gasteiger charge is 2.70. The van der Waals surface area contributed by atoms with Gasteiger partial charge in [0.25, 0.3) is 0 Å². The van der Waals surface area contributed by atoms with E-state index in [0.29, 0.717) is 26.4 Å². The van der Waals surface area contributed by atoms with Crippen molar-refractivity contribution in [2.24, 2.45) is 5.41 Å².